The molecule has 160 valence electrons. The summed E-state index contributed by atoms with van der Waals surface area (Å²) in [6.07, 6.45) is 6.61. The van der Waals surface area contributed by atoms with Crippen LogP contribution < -0.4 is 0 Å². The highest BCUT2D eigenvalue weighted by Crippen LogP contribution is 2.31. The molecule has 2 amide bonds. The first-order valence-corrected chi connectivity index (χ1v) is 11.6. The Bertz CT molecular complexity index is 972. The quantitative estimate of drug-likeness (QED) is 0.385. The summed E-state index contributed by atoms with van der Waals surface area (Å²) in [6.45, 7) is 3.70. The molecule has 6 heteroatoms. The number of carbonyl (C=O) groups is 2. The first-order chi connectivity index (χ1) is 15.1. The van der Waals surface area contributed by atoms with Gasteiger partial charge >= 0.3 is 0 Å². The summed E-state index contributed by atoms with van der Waals surface area (Å²) in [4.78, 5) is 29.4. The van der Waals surface area contributed by atoms with Crippen molar-refractivity contribution in [2.45, 2.75) is 26.3 Å². The van der Waals surface area contributed by atoms with Crippen LogP contribution in [-0.4, -0.2) is 39.0 Å². The van der Waals surface area contributed by atoms with Crippen LogP contribution in [0, 0.1) is 0 Å². The van der Waals surface area contributed by atoms with Gasteiger partial charge in [0.1, 0.15) is 4.32 Å². The summed E-state index contributed by atoms with van der Waals surface area (Å²) < 4.78 is 0.549. The van der Waals surface area contributed by atoms with E-state index in [0.717, 1.165) is 11.1 Å². The average Bonchev–Trinajstić information content (AvgIpc) is 3.06. The molecule has 0 aromatic heterocycles. The van der Waals surface area contributed by atoms with Gasteiger partial charge in [-0.05, 0) is 30.5 Å². The number of benzene rings is 2. The molecule has 1 aliphatic rings. The maximum atomic E-state index is 12.7. The van der Waals surface area contributed by atoms with Crippen molar-refractivity contribution in [1.29, 1.82) is 0 Å². The Morgan fingerprint density at radius 1 is 1.10 bits per heavy atom. The summed E-state index contributed by atoms with van der Waals surface area (Å²) in [7, 11) is 0. The van der Waals surface area contributed by atoms with Crippen LogP contribution in [0.5, 0.6) is 0 Å². The standard InChI is InChI=1S/C25H26N2O2S2/c1-2-26(19-21-13-7-4-8-14-21)23(28)17-10-18-27-24(29)22(31-25(27)30)16-9-15-20-11-5-3-6-12-20/h3-9,11-16H,2,10,17-19H2,1H3. The molecule has 1 heterocycles. The monoisotopic (exact) mass is 450 g/mol. The number of allylic oxidation sites excluding steroid dienone is 2. The van der Waals surface area contributed by atoms with Crippen LogP contribution in [0.25, 0.3) is 6.08 Å². The van der Waals surface area contributed by atoms with Gasteiger partial charge in [-0.2, -0.15) is 0 Å². The van der Waals surface area contributed by atoms with Gasteiger partial charge < -0.3 is 4.90 Å². The summed E-state index contributed by atoms with van der Waals surface area (Å²) in [5.74, 6) is 0.00919. The fraction of sp³-hybridized carbons (Fsp3) is 0.240. The number of hydrogen-bond donors (Lipinski definition) is 0. The van der Waals surface area contributed by atoms with Crippen molar-refractivity contribution in [1.82, 2.24) is 9.80 Å². The Kier molecular flexibility index (Phi) is 8.62. The molecule has 31 heavy (non-hydrogen) atoms. The molecule has 2 aromatic carbocycles. The number of thiocarbonyl (C=S) groups is 1. The molecule has 0 aliphatic carbocycles. The number of nitrogens with zero attached hydrogens (tertiary/aromatic N) is 2. The highest BCUT2D eigenvalue weighted by molar-refractivity contribution is 8.26. The maximum absolute atomic E-state index is 12.7. The third kappa shape index (κ3) is 6.64. The van der Waals surface area contributed by atoms with Crippen molar-refractivity contribution in [3.63, 3.8) is 0 Å². The van der Waals surface area contributed by atoms with E-state index in [4.69, 9.17) is 12.2 Å². The third-order valence-electron chi connectivity index (χ3n) is 4.93. The zero-order valence-electron chi connectivity index (χ0n) is 17.6. The molecule has 0 atom stereocenters. The van der Waals surface area contributed by atoms with E-state index in [1.165, 1.54) is 11.8 Å². The van der Waals surface area contributed by atoms with E-state index in [2.05, 4.69) is 0 Å². The minimum absolute atomic E-state index is 0.0863. The minimum Gasteiger partial charge on any atom is -0.339 e. The van der Waals surface area contributed by atoms with E-state index < -0.39 is 0 Å². The van der Waals surface area contributed by atoms with Crippen molar-refractivity contribution in [3.05, 3.63) is 88.8 Å². The first kappa shape index (κ1) is 23.0. The average molecular weight is 451 g/mol. The van der Waals surface area contributed by atoms with Gasteiger partial charge in [-0.1, -0.05) is 96.8 Å². The molecule has 0 saturated carbocycles. The second-order valence-corrected chi connectivity index (χ2v) is 8.80. The third-order valence-corrected chi connectivity index (χ3v) is 6.33. The van der Waals surface area contributed by atoms with Crippen molar-refractivity contribution in [2.24, 2.45) is 0 Å². The number of thioether (sulfide) groups is 1. The smallest absolute Gasteiger partial charge is 0.266 e. The molecule has 1 aliphatic heterocycles. The molecule has 1 fully saturated rings. The topological polar surface area (TPSA) is 40.6 Å². The van der Waals surface area contributed by atoms with Gasteiger partial charge in [0.15, 0.2) is 0 Å². The molecule has 1 saturated heterocycles. The normalized spacial score (nSPS) is 15.3. The van der Waals surface area contributed by atoms with Crippen LogP contribution in [0.2, 0.25) is 0 Å². The first-order valence-electron chi connectivity index (χ1n) is 10.4. The molecular weight excluding hydrogens is 424 g/mol. The van der Waals surface area contributed by atoms with E-state index in [1.54, 1.807) is 11.0 Å². The number of rotatable bonds is 9. The van der Waals surface area contributed by atoms with E-state index in [0.29, 0.717) is 41.7 Å². The molecule has 0 radical (unpaired) electrons. The van der Waals surface area contributed by atoms with E-state index in [9.17, 15) is 9.59 Å². The van der Waals surface area contributed by atoms with Gasteiger partial charge in [-0.15, -0.1) is 0 Å². The lowest BCUT2D eigenvalue weighted by Gasteiger charge is -2.22. The summed E-state index contributed by atoms with van der Waals surface area (Å²) >= 11 is 6.70. The predicted octanol–water partition coefficient (Wildman–Crippen LogP) is 5.27. The number of amides is 2. The minimum atomic E-state index is -0.0863. The van der Waals surface area contributed by atoms with E-state index >= 15 is 0 Å². The Hall–Kier alpha value is -2.70. The molecule has 0 unspecified atom stereocenters. The van der Waals surface area contributed by atoms with Gasteiger partial charge in [0.2, 0.25) is 5.91 Å². The number of hydrogen-bond acceptors (Lipinski definition) is 4. The Balaban J connectivity index is 1.50. The number of carbonyl (C=O) groups excluding carboxylic acids is 2. The van der Waals surface area contributed by atoms with Gasteiger partial charge in [0, 0.05) is 26.1 Å². The van der Waals surface area contributed by atoms with Crippen LogP contribution in [-0.2, 0) is 16.1 Å². The van der Waals surface area contributed by atoms with Crippen molar-refractivity contribution in [3.8, 4) is 0 Å². The van der Waals surface area contributed by atoms with Crippen LogP contribution >= 0.6 is 24.0 Å². The molecule has 2 aromatic rings. The van der Waals surface area contributed by atoms with Crippen LogP contribution in [0.4, 0.5) is 0 Å². The van der Waals surface area contributed by atoms with Crippen LogP contribution in [0.15, 0.2) is 77.7 Å². The largest absolute Gasteiger partial charge is 0.339 e. The molecule has 0 N–H and O–H groups in total. The molecule has 3 rings (SSSR count). The van der Waals surface area contributed by atoms with Crippen molar-refractivity contribution < 1.29 is 9.59 Å². The van der Waals surface area contributed by atoms with Gasteiger partial charge in [-0.25, -0.2) is 0 Å². The molecule has 0 bridgehead atoms. The Morgan fingerprint density at radius 3 is 2.45 bits per heavy atom. The molecule has 4 nitrogen and oxygen atoms in total. The molecular formula is C25H26N2O2S2. The second-order valence-electron chi connectivity index (χ2n) is 7.12. The summed E-state index contributed by atoms with van der Waals surface area (Å²) in [5, 5.41) is 0. The Labute approximate surface area is 193 Å². The zero-order chi connectivity index (χ0) is 22.1. The summed E-state index contributed by atoms with van der Waals surface area (Å²) in [5.41, 5.74) is 2.19. The zero-order valence-corrected chi connectivity index (χ0v) is 19.2. The maximum Gasteiger partial charge on any atom is 0.266 e. The highest BCUT2D eigenvalue weighted by Gasteiger charge is 2.31. The lowest BCUT2D eigenvalue weighted by atomic mass is 10.2. The van der Waals surface area contributed by atoms with Crippen LogP contribution in [0.3, 0.4) is 0 Å². The Morgan fingerprint density at radius 2 is 1.77 bits per heavy atom. The van der Waals surface area contributed by atoms with Crippen molar-refractivity contribution >= 4 is 46.2 Å². The SMILES string of the molecule is CCN(Cc1ccccc1)C(=O)CCCN1C(=O)C(=CC=Cc2ccccc2)SC1=S. The van der Waals surface area contributed by atoms with Crippen molar-refractivity contribution in [2.75, 3.05) is 13.1 Å². The van der Waals surface area contributed by atoms with E-state index in [-0.39, 0.29) is 11.8 Å². The second kappa shape index (κ2) is 11.6. The highest BCUT2D eigenvalue weighted by atomic mass is 32.2. The predicted molar refractivity (Wildman–Crippen MR) is 132 cm³/mol. The fourth-order valence-corrected chi connectivity index (χ4v) is 4.50. The molecule has 0 spiro atoms. The lowest BCUT2D eigenvalue weighted by molar-refractivity contribution is -0.132. The van der Waals surface area contributed by atoms with Gasteiger partial charge in [0.05, 0.1) is 4.91 Å². The lowest BCUT2D eigenvalue weighted by Crippen LogP contribution is -2.32. The fourth-order valence-electron chi connectivity index (χ4n) is 3.24. The van der Waals surface area contributed by atoms with Gasteiger partial charge in [0.25, 0.3) is 5.91 Å². The summed E-state index contributed by atoms with van der Waals surface area (Å²) in [6, 6.07) is 19.9. The van der Waals surface area contributed by atoms with Gasteiger partial charge in [-0.3, -0.25) is 14.5 Å². The van der Waals surface area contributed by atoms with Crippen LogP contribution in [0.1, 0.15) is 30.9 Å². The van der Waals surface area contributed by atoms with E-state index in [1.807, 2.05) is 84.6 Å².